The molecular weight excluding hydrogens is 310 g/mol. The second-order valence-corrected chi connectivity index (χ2v) is 6.56. The van der Waals surface area contributed by atoms with E-state index in [1.54, 1.807) is 25.0 Å². The van der Waals surface area contributed by atoms with Crippen molar-refractivity contribution in [1.82, 2.24) is 4.90 Å². The van der Waals surface area contributed by atoms with Gasteiger partial charge in [0.15, 0.2) is 0 Å². The van der Waals surface area contributed by atoms with Crippen LogP contribution in [-0.4, -0.2) is 48.7 Å². The summed E-state index contributed by atoms with van der Waals surface area (Å²) < 4.78 is 10.9. The Labute approximate surface area is 140 Å². The molecule has 6 heteroatoms. The second kappa shape index (κ2) is 6.19. The van der Waals surface area contributed by atoms with Crippen LogP contribution in [0.4, 0.5) is 0 Å². The molecule has 0 bridgehead atoms. The van der Waals surface area contributed by atoms with Crippen molar-refractivity contribution in [3.05, 3.63) is 29.3 Å². The minimum absolute atomic E-state index is 0.157. The number of nitrogens with zero attached hydrogens (tertiary/aromatic N) is 1. The predicted octanol–water partition coefficient (Wildman–Crippen LogP) is 2.18. The molecule has 0 spiro atoms. The molecule has 6 nitrogen and oxygen atoms in total. The number of likely N-dealkylation sites (tertiary alicyclic amines) is 1. The molecule has 128 valence electrons. The summed E-state index contributed by atoms with van der Waals surface area (Å²) in [6.07, 6.45) is 3.07. The van der Waals surface area contributed by atoms with Gasteiger partial charge in [-0.25, -0.2) is 0 Å². The van der Waals surface area contributed by atoms with Gasteiger partial charge in [0.2, 0.25) is 0 Å². The Morgan fingerprint density at radius 2 is 2.17 bits per heavy atom. The largest absolute Gasteiger partial charge is 0.497 e. The molecular formula is C18H21NO5. The minimum Gasteiger partial charge on any atom is -0.497 e. The lowest BCUT2D eigenvalue weighted by atomic mass is 9.82. The molecule has 0 aromatic heterocycles. The van der Waals surface area contributed by atoms with E-state index in [4.69, 9.17) is 9.47 Å². The maximum atomic E-state index is 12.8. The Kier molecular flexibility index (Phi) is 4.22. The number of carboxylic acids is 1. The van der Waals surface area contributed by atoms with Crippen LogP contribution in [0, 0.1) is 5.41 Å². The number of methoxy groups -OCH3 is 1. The van der Waals surface area contributed by atoms with Gasteiger partial charge in [0.1, 0.15) is 18.1 Å². The first-order valence-corrected chi connectivity index (χ1v) is 7.97. The van der Waals surface area contributed by atoms with Crippen LogP contribution in [0.5, 0.6) is 11.5 Å². The number of carbonyl (C=O) groups is 2. The van der Waals surface area contributed by atoms with Crippen molar-refractivity contribution in [2.45, 2.75) is 19.8 Å². The molecule has 1 N–H and O–H groups in total. The van der Waals surface area contributed by atoms with E-state index >= 15 is 0 Å². The number of benzene rings is 1. The lowest BCUT2D eigenvalue weighted by molar-refractivity contribution is -0.152. The molecule has 1 amide bonds. The molecule has 0 saturated carbocycles. The number of hydrogen-bond donors (Lipinski definition) is 1. The third-order valence-corrected chi connectivity index (χ3v) is 4.70. The van der Waals surface area contributed by atoms with Crippen LogP contribution in [-0.2, 0) is 9.59 Å². The summed E-state index contributed by atoms with van der Waals surface area (Å²) in [5.74, 6) is 0.389. The lowest BCUT2D eigenvalue weighted by Gasteiger charge is -2.38. The van der Waals surface area contributed by atoms with Gasteiger partial charge in [-0.05, 0) is 44.0 Å². The van der Waals surface area contributed by atoms with Crippen LogP contribution in [0.15, 0.2) is 23.8 Å². The zero-order valence-corrected chi connectivity index (χ0v) is 13.9. The number of piperidine rings is 1. The van der Waals surface area contributed by atoms with E-state index in [2.05, 4.69) is 0 Å². The molecule has 1 atom stereocenters. The normalized spacial score (nSPS) is 22.9. The summed E-state index contributed by atoms with van der Waals surface area (Å²) in [6, 6.07) is 5.44. The Morgan fingerprint density at radius 3 is 2.88 bits per heavy atom. The molecule has 1 aromatic carbocycles. The topological polar surface area (TPSA) is 76.1 Å². The van der Waals surface area contributed by atoms with Crippen molar-refractivity contribution in [3.8, 4) is 11.5 Å². The summed E-state index contributed by atoms with van der Waals surface area (Å²) in [5, 5.41) is 9.40. The lowest BCUT2D eigenvalue weighted by Crippen LogP contribution is -2.49. The van der Waals surface area contributed by atoms with E-state index in [1.807, 2.05) is 18.2 Å². The first-order chi connectivity index (χ1) is 11.4. The first-order valence-electron chi connectivity index (χ1n) is 7.97. The smallest absolute Gasteiger partial charge is 0.311 e. The molecule has 2 aliphatic rings. The molecule has 2 heterocycles. The predicted molar refractivity (Wildman–Crippen MR) is 88.0 cm³/mol. The van der Waals surface area contributed by atoms with Crippen LogP contribution >= 0.6 is 0 Å². The standard InChI is InChI=1S/C18H21NO5/c1-18(17(21)22)6-3-7-19(11-18)16(20)13-8-12-9-14(23-2)4-5-15(12)24-10-13/h4-5,8-9H,3,6-7,10-11H2,1-2H3,(H,21,22). The fourth-order valence-electron chi connectivity index (χ4n) is 3.20. The number of carboxylic acid groups (broad SMARTS) is 1. The van der Waals surface area contributed by atoms with Crippen LogP contribution in [0.25, 0.3) is 6.08 Å². The molecule has 0 aliphatic carbocycles. The maximum absolute atomic E-state index is 12.8. The van der Waals surface area contributed by atoms with Gasteiger partial charge in [-0.3, -0.25) is 9.59 Å². The van der Waals surface area contributed by atoms with Crippen molar-refractivity contribution < 1.29 is 24.2 Å². The third-order valence-electron chi connectivity index (χ3n) is 4.70. The third kappa shape index (κ3) is 2.96. The van der Waals surface area contributed by atoms with Gasteiger partial charge in [-0.15, -0.1) is 0 Å². The zero-order valence-electron chi connectivity index (χ0n) is 13.9. The van der Waals surface area contributed by atoms with Crippen LogP contribution in [0.1, 0.15) is 25.3 Å². The van der Waals surface area contributed by atoms with Crippen molar-refractivity contribution in [2.75, 3.05) is 26.8 Å². The highest BCUT2D eigenvalue weighted by atomic mass is 16.5. The quantitative estimate of drug-likeness (QED) is 0.919. The Morgan fingerprint density at radius 1 is 1.38 bits per heavy atom. The number of carbonyl (C=O) groups excluding carboxylic acids is 1. The molecule has 1 unspecified atom stereocenters. The summed E-state index contributed by atoms with van der Waals surface area (Å²) in [5.41, 5.74) is 0.442. The minimum atomic E-state index is -0.884. The van der Waals surface area contributed by atoms with E-state index in [0.29, 0.717) is 36.5 Å². The number of aliphatic carboxylic acids is 1. The molecule has 2 aliphatic heterocycles. The van der Waals surface area contributed by atoms with Gasteiger partial charge in [0.25, 0.3) is 5.91 Å². The summed E-state index contributed by atoms with van der Waals surface area (Å²) in [4.78, 5) is 25.9. The molecule has 3 rings (SSSR count). The highest BCUT2D eigenvalue weighted by Crippen LogP contribution is 2.33. The number of ether oxygens (including phenoxy) is 2. The summed E-state index contributed by atoms with van der Waals surface area (Å²) in [7, 11) is 1.58. The fraction of sp³-hybridized carbons (Fsp3) is 0.444. The van der Waals surface area contributed by atoms with Gasteiger partial charge in [-0.1, -0.05) is 0 Å². The maximum Gasteiger partial charge on any atom is 0.311 e. The van der Waals surface area contributed by atoms with Gasteiger partial charge < -0.3 is 19.5 Å². The van der Waals surface area contributed by atoms with Crippen molar-refractivity contribution >= 4 is 18.0 Å². The van der Waals surface area contributed by atoms with E-state index in [9.17, 15) is 14.7 Å². The van der Waals surface area contributed by atoms with Gasteiger partial charge >= 0.3 is 5.97 Å². The number of hydrogen-bond acceptors (Lipinski definition) is 4. The van der Waals surface area contributed by atoms with Crippen LogP contribution < -0.4 is 9.47 Å². The van der Waals surface area contributed by atoms with E-state index in [0.717, 1.165) is 5.56 Å². The van der Waals surface area contributed by atoms with Crippen molar-refractivity contribution in [1.29, 1.82) is 0 Å². The number of fused-ring (bicyclic) bond motifs is 1. The fourth-order valence-corrected chi connectivity index (χ4v) is 3.20. The van der Waals surface area contributed by atoms with Gasteiger partial charge in [0, 0.05) is 18.7 Å². The van der Waals surface area contributed by atoms with E-state index in [1.165, 1.54) is 0 Å². The second-order valence-electron chi connectivity index (χ2n) is 6.56. The Hall–Kier alpha value is -2.50. The molecule has 24 heavy (non-hydrogen) atoms. The monoisotopic (exact) mass is 331 g/mol. The van der Waals surface area contributed by atoms with Crippen LogP contribution in [0.3, 0.4) is 0 Å². The van der Waals surface area contributed by atoms with Gasteiger partial charge in [-0.2, -0.15) is 0 Å². The zero-order chi connectivity index (χ0) is 17.3. The first kappa shape index (κ1) is 16.4. The molecule has 1 saturated heterocycles. The van der Waals surface area contributed by atoms with E-state index < -0.39 is 11.4 Å². The molecule has 1 aromatic rings. The number of amides is 1. The average molecular weight is 331 g/mol. The van der Waals surface area contributed by atoms with Crippen molar-refractivity contribution in [2.24, 2.45) is 5.41 Å². The Balaban J connectivity index is 1.82. The average Bonchev–Trinajstić information content (AvgIpc) is 2.60. The van der Waals surface area contributed by atoms with Crippen LogP contribution in [0.2, 0.25) is 0 Å². The highest BCUT2D eigenvalue weighted by Gasteiger charge is 2.40. The van der Waals surface area contributed by atoms with Crippen molar-refractivity contribution in [3.63, 3.8) is 0 Å². The summed E-state index contributed by atoms with van der Waals surface area (Å²) in [6.45, 7) is 2.69. The summed E-state index contributed by atoms with van der Waals surface area (Å²) >= 11 is 0. The number of rotatable bonds is 3. The van der Waals surface area contributed by atoms with Gasteiger partial charge in [0.05, 0.1) is 18.1 Å². The Bertz CT molecular complexity index is 711. The highest BCUT2D eigenvalue weighted by molar-refractivity contribution is 5.99. The molecule has 0 radical (unpaired) electrons. The SMILES string of the molecule is COc1ccc2c(c1)C=C(C(=O)N1CCCC(C)(C(=O)O)C1)CO2. The molecule has 1 fully saturated rings. The van der Waals surface area contributed by atoms with E-state index in [-0.39, 0.29) is 19.1 Å².